The fourth-order valence-electron chi connectivity index (χ4n) is 2.84. The minimum atomic E-state index is -4.45. The number of rotatable bonds is 4. The fourth-order valence-corrected chi connectivity index (χ4v) is 3.65. The Morgan fingerprint density at radius 3 is 2.79 bits per heavy atom. The normalized spacial score (nSPS) is 19.0. The molecule has 1 aliphatic rings. The molecule has 2 aromatic heterocycles. The predicted octanol–water partition coefficient (Wildman–Crippen LogP) is 2.97. The summed E-state index contributed by atoms with van der Waals surface area (Å²) in [4.78, 5) is 16.9. The van der Waals surface area contributed by atoms with E-state index in [1.54, 1.807) is 18.4 Å². The maximum Gasteiger partial charge on any atom is 0.433 e. The number of hydrogen-bond acceptors (Lipinski definition) is 6. The molecule has 0 saturated carbocycles. The molecule has 1 aliphatic heterocycles. The molecule has 5 nitrogen and oxygen atoms in total. The number of likely N-dealkylation sites (tertiary alicyclic amines) is 1. The lowest BCUT2D eigenvalue weighted by atomic mass is 10.2. The van der Waals surface area contributed by atoms with Crippen molar-refractivity contribution in [2.24, 2.45) is 0 Å². The largest absolute Gasteiger partial charge is 0.433 e. The zero-order valence-corrected chi connectivity index (χ0v) is 14.2. The highest BCUT2D eigenvalue weighted by atomic mass is 32.1. The van der Waals surface area contributed by atoms with E-state index in [4.69, 9.17) is 0 Å². The molecule has 0 N–H and O–H groups in total. The lowest BCUT2D eigenvalue weighted by molar-refractivity contribution is -0.141. The quantitative estimate of drug-likeness (QED) is 0.842. The average molecular weight is 357 g/mol. The van der Waals surface area contributed by atoms with Gasteiger partial charge in [-0.05, 0) is 13.3 Å². The zero-order valence-electron chi connectivity index (χ0n) is 13.4. The Kier molecular flexibility index (Phi) is 4.73. The van der Waals surface area contributed by atoms with E-state index in [-0.39, 0.29) is 6.04 Å². The molecule has 1 saturated heterocycles. The Balaban J connectivity index is 1.66. The maximum atomic E-state index is 12.8. The third-order valence-electron chi connectivity index (χ3n) is 4.31. The molecule has 24 heavy (non-hydrogen) atoms. The molecule has 1 fully saturated rings. The topological polar surface area (TPSA) is 45.2 Å². The van der Waals surface area contributed by atoms with Gasteiger partial charge in [0.05, 0.1) is 11.2 Å². The molecule has 0 aliphatic carbocycles. The van der Waals surface area contributed by atoms with E-state index in [1.165, 1.54) is 4.88 Å². The number of likely N-dealkylation sites (N-methyl/N-ethyl adjacent to an activating group) is 1. The number of hydrogen-bond donors (Lipinski definition) is 0. The summed E-state index contributed by atoms with van der Waals surface area (Å²) in [6.45, 7) is 4.52. The minimum absolute atomic E-state index is 0.134. The maximum absolute atomic E-state index is 12.8. The average Bonchev–Trinajstić information content (AvgIpc) is 3.16. The molecule has 0 spiro atoms. The van der Waals surface area contributed by atoms with Crippen molar-refractivity contribution in [1.29, 1.82) is 0 Å². The van der Waals surface area contributed by atoms with Gasteiger partial charge in [0, 0.05) is 43.7 Å². The van der Waals surface area contributed by atoms with Gasteiger partial charge in [-0.3, -0.25) is 4.90 Å². The molecule has 3 rings (SSSR count). The predicted molar refractivity (Wildman–Crippen MR) is 86.0 cm³/mol. The van der Waals surface area contributed by atoms with E-state index in [1.807, 2.05) is 17.3 Å². The molecule has 1 unspecified atom stereocenters. The Bertz CT molecular complexity index is 702. The Hall–Kier alpha value is -1.74. The SMILES string of the molecule is Cc1ncsc1CN1CCC(N(C)c2cc(C(F)(F)F)ncn2)C1. The summed E-state index contributed by atoms with van der Waals surface area (Å²) in [5, 5.41) is 0. The second-order valence-electron chi connectivity index (χ2n) is 5.91. The Labute approximate surface area is 142 Å². The van der Waals surface area contributed by atoms with Gasteiger partial charge in [0.25, 0.3) is 0 Å². The number of nitrogens with zero attached hydrogens (tertiary/aromatic N) is 5. The summed E-state index contributed by atoms with van der Waals surface area (Å²) in [6.07, 6.45) is -2.59. The monoisotopic (exact) mass is 357 g/mol. The van der Waals surface area contributed by atoms with Crippen LogP contribution in [0.1, 0.15) is 22.7 Å². The third kappa shape index (κ3) is 3.67. The summed E-state index contributed by atoms with van der Waals surface area (Å²) in [7, 11) is 1.79. The number of aromatic nitrogens is 3. The molecule has 3 heterocycles. The molecule has 9 heteroatoms. The summed E-state index contributed by atoms with van der Waals surface area (Å²) in [5.41, 5.74) is 1.97. The van der Waals surface area contributed by atoms with E-state index >= 15 is 0 Å². The van der Waals surface area contributed by atoms with Crippen LogP contribution in [0.5, 0.6) is 0 Å². The highest BCUT2D eigenvalue weighted by Gasteiger charge is 2.34. The van der Waals surface area contributed by atoms with E-state index in [0.717, 1.165) is 44.1 Å². The molecule has 0 bridgehead atoms. The first-order chi connectivity index (χ1) is 11.3. The van der Waals surface area contributed by atoms with E-state index < -0.39 is 11.9 Å². The lowest BCUT2D eigenvalue weighted by Crippen LogP contribution is -2.35. The first-order valence-electron chi connectivity index (χ1n) is 7.58. The first kappa shape index (κ1) is 17.1. The van der Waals surface area contributed by atoms with Crippen LogP contribution in [0.3, 0.4) is 0 Å². The lowest BCUT2D eigenvalue weighted by Gasteiger charge is -2.26. The van der Waals surface area contributed by atoms with Crippen LogP contribution in [-0.4, -0.2) is 46.0 Å². The second kappa shape index (κ2) is 6.64. The molecule has 0 aromatic carbocycles. The van der Waals surface area contributed by atoms with Gasteiger partial charge in [-0.2, -0.15) is 13.2 Å². The standard InChI is InChI=1S/C15H18F3N5S/c1-10-12(24-9-21-10)7-23-4-3-11(6-23)22(2)14-5-13(15(16,17)18)19-8-20-14/h5,8-9,11H,3-4,6-7H2,1-2H3. The third-order valence-corrected chi connectivity index (χ3v) is 5.23. The van der Waals surface area contributed by atoms with Crippen molar-refractivity contribution in [3.63, 3.8) is 0 Å². The van der Waals surface area contributed by atoms with Gasteiger partial charge in [0.15, 0.2) is 0 Å². The van der Waals surface area contributed by atoms with Gasteiger partial charge in [-0.15, -0.1) is 11.3 Å². The highest BCUT2D eigenvalue weighted by Crippen LogP contribution is 2.30. The summed E-state index contributed by atoms with van der Waals surface area (Å²) in [5.74, 6) is 0.304. The number of thiazole rings is 1. The van der Waals surface area contributed by atoms with Crippen molar-refractivity contribution in [2.75, 3.05) is 25.0 Å². The minimum Gasteiger partial charge on any atom is -0.355 e. The Morgan fingerprint density at radius 1 is 1.33 bits per heavy atom. The van der Waals surface area contributed by atoms with Crippen molar-refractivity contribution in [3.8, 4) is 0 Å². The van der Waals surface area contributed by atoms with Crippen LogP contribution in [0, 0.1) is 6.92 Å². The molecule has 130 valence electrons. The zero-order chi connectivity index (χ0) is 17.3. The van der Waals surface area contributed by atoms with Gasteiger partial charge in [0.2, 0.25) is 0 Å². The van der Waals surface area contributed by atoms with Gasteiger partial charge in [0.1, 0.15) is 17.8 Å². The smallest absolute Gasteiger partial charge is 0.355 e. The van der Waals surface area contributed by atoms with Crippen LogP contribution in [0.15, 0.2) is 17.9 Å². The van der Waals surface area contributed by atoms with E-state index in [9.17, 15) is 13.2 Å². The number of alkyl halides is 3. The van der Waals surface area contributed by atoms with Crippen molar-refractivity contribution < 1.29 is 13.2 Å². The molecule has 0 radical (unpaired) electrons. The summed E-state index contributed by atoms with van der Waals surface area (Å²) >= 11 is 1.64. The van der Waals surface area contributed by atoms with Crippen molar-refractivity contribution in [1.82, 2.24) is 19.9 Å². The van der Waals surface area contributed by atoms with Gasteiger partial charge < -0.3 is 4.90 Å². The van der Waals surface area contributed by atoms with Crippen LogP contribution in [0.2, 0.25) is 0 Å². The molecular formula is C15H18F3N5S. The Morgan fingerprint density at radius 2 is 2.12 bits per heavy atom. The van der Waals surface area contributed by atoms with Crippen molar-refractivity contribution >= 4 is 17.2 Å². The van der Waals surface area contributed by atoms with Crippen LogP contribution in [-0.2, 0) is 12.7 Å². The van der Waals surface area contributed by atoms with Crippen molar-refractivity contribution in [3.05, 3.63) is 34.2 Å². The molecule has 2 aromatic rings. The van der Waals surface area contributed by atoms with Gasteiger partial charge in [-0.1, -0.05) is 0 Å². The second-order valence-corrected chi connectivity index (χ2v) is 6.85. The summed E-state index contributed by atoms with van der Waals surface area (Å²) in [6, 6.07) is 1.14. The van der Waals surface area contributed by atoms with Crippen LogP contribution in [0.4, 0.5) is 19.0 Å². The van der Waals surface area contributed by atoms with E-state index in [0.29, 0.717) is 5.82 Å². The number of halogens is 3. The number of aryl methyl sites for hydroxylation is 1. The van der Waals surface area contributed by atoms with Crippen molar-refractivity contribution in [2.45, 2.75) is 32.1 Å². The first-order valence-corrected chi connectivity index (χ1v) is 8.46. The van der Waals surface area contributed by atoms with E-state index in [2.05, 4.69) is 19.9 Å². The van der Waals surface area contributed by atoms with Gasteiger partial charge in [-0.25, -0.2) is 15.0 Å². The molecule has 0 amide bonds. The molecule has 1 atom stereocenters. The summed E-state index contributed by atoms with van der Waals surface area (Å²) < 4.78 is 38.4. The highest BCUT2D eigenvalue weighted by molar-refractivity contribution is 7.09. The fraction of sp³-hybridized carbons (Fsp3) is 0.533. The number of anilines is 1. The van der Waals surface area contributed by atoms with Crippen LogP contribution in [0.25, 0.3) is 0 Å². The van der Waals surface area contributed by atoms with Crippen LogP contribution < -0.4 is 4.90 Å². The molecular weight excluding hydrogens is 339 g/mol. The van der Waals surface area contributed by atoms with Crippen LogP contribution >= 0.6 is 11.3 Å². The van der Waals surface area contributed by atoms with Gasteiger partial charge >= 0.3 is 6.18 Å².